The molecule has 3 aromatic rings. The molecule has 1 unspecified atom stereocenters. The fourth-order valence-corrected chi connectivity index (χ4v) is 5.14. The van der Waals surface area contributed by atoms with Gasteiger partial charge in [-0.3, -0.25) is 0 Å². The summed E-state index contributed by atoms with van der Waals surface area (Å²) < 4.78 is 10.3. The Balaban J connectivity index is 1.61. The van der Waals surface area contributed by atoms with Gasteiger partial charge in [0.15, 0.2) is 0 Å². The van der Waals surface area contributed by atoms with E-state index in [2.05, 4.69) is 54.9 Å². The van der Waals surface area contributed by atoms with E-state index in [0.29, 0.717) is 5.92 Å². The minimum absolute atomic E-state index is 0.0183. The van der Waals surface area contributed by atoms with Crippen molar-refractivity contribution in [2.75, 3.05) is 24.6 Å². The molecule has 1 atom stereocenters. The van der Waals surface area contributed by atoms with Gasteiger partial charge in [0.05, 0.1) is 17.6 Å². The highest BCUT2D eigenvalue weighted by molar-refractivity contribution is 8.00. The minimum atomic E-state index is -0.0183. The molecule has 0 saturated carbocycles. The summed E-state index contributed by atoms with van der Waals surface area (Å²) in [6.07, 6.45) is 3.49. The van der Waals surface area contributed by atoms with Crippen LogP contribution in [0.3, 0.4) is 0 Å². The zero-order valence-corrected chi connectivity index (χ0v) is 20.5. The molecule has 1 aliphatic rings. The predicted molar refractivity (Wildman–Crippen MR) is 133 cm³/mol. The number of imidazole rings is 1. The Morgan fingerprint density at radius 2 is 1.91 bits per heavy atom. The Kier molecular flexibility index (Phi) is 7.13. The molecule has 1 aliphatic heterocycles. The molecule has 1 N–H and O–H groups in total. The zero-order valence-electron chi connectivity index (χ0n) is 19.7. The molecule has 0 amide bonds. The van der Waals surface area contributed by atoms with Crippen LogP contribution < -0.4 is 4.31 Å². The average molecular weight is 454 g/mol. The average Bonchev–Trinajstić information content (AvgIpc) is 2.94. The molecule has 5 nitrogen and oxygen atoms in total. The van der Waals surface area contributed by atoms with Crippen LogP contribution in [-0.4, -0.2) is 34.9 Å². The molecule has 172 valence electrons. The summed E-state index contributed by atoms with van der Waals surface area (Å²) in [5.74, 6) is 1.79. The second-order valence-corrected chi connectivity index (χ2v) is 11.0. The van der Waals surface area contributed by atoms with Gasteiger partial charge in [-0.05, 0) is 73.0 Å². The zero-order chi connectivity index (χ0) is 22.7. The van der Waals surface area contributed by atoms with Crippen molar-refractivity contribution in [2.24, 2.45) is 5.92 Å². The van der Waals surface area contributed by atoms with Crippen LogP contribution >= 0.6 is 11.9 Å². The van der Waals surface area contributed by atoms with Crippen molar-refractivity contribution in [3.63, 3.8) is 0 Å². The Morgan fingerprint density at radius 3 is 2.62 bits per heavy atom. The van der Waals surface area contributed by atoms with E-state index in [-0.39, 0.29) is 12.0 Å². The highest BCUT2D eigenvalue weighted by atomic mass is 32.2. The standard InChI is InChI=1S/C26H35N3O2S/c1-26(2,3)25-27-23-16-21(28(4)32-22-10-7-20(18-30)8-11-22)9-12-24(23)29(25)17-19-6-5-14-31-15-13-19/h7-12,16,19,30H,5-6,13-15,17-18H2,1-4H3. The van der Waals surface area contributed by atoms with E-state index in [0.717, 1.165) is 60.1 Å². The van der Waals surface area contributed by atoms with E-state index in [1.165, 1.54) is 11.9 Å². The number of aliphatic hydroxyl groups is 1. The fraction of sp³-hybridized carbons (Fsp3) is 0.500. The lowest BCUT2D eigenvalue weighted by atomic mass is 9.94. The van der Waals surface area contributed by atoms with Gasteiger partial charge in [0, 0.05) is 42.8 Å². The van der Waals surface area contributed by atoms with E-state index in [1.807, 2.05) is 24.3 Å². The van der Waals surface area contributed by atoms with Gasteiger partial charge in [0.1, 0.15) is 5.82 Å². The molecule has 4 rings (SSSR count). The molecular weight excluding hydrogens is 418 g/mol. The number of anilines is 1. The van der Waals surface area contributed by atoms with Crippen molar-refractivity contribution in [3.05, 3.63) is 53.9 Å². The maximum absolute atomic E-state index is 9.26. The number of fused-ring (bicyclic) bond motifs is 1. The van der Waals surface area contributed by atoms with E-state index >= 15 is 0 Å². The monoisotopic (exact) mass is 453 g/mol. The van der Waals surface area contributed by atoms with Gasteiger partial charge in [-0.15, -0.1) is 0 Å². The highest BCUT2D eigenvalue weighted by Gasteiger charge is 2.25. The maximum atomic E-state index is 9.26. The van der Waals surface area contributed by atoms with Crippen molar-refractivity contribution in [1.82, 2.24) is 9.55 Å². The fourth-order valence-electron chi connectivity index (χ4n) is 4.35. The van der Waals surface area contributed by atoms with Crippen molar-refractivity contribution >= 4 is 28.7 Å². The van der Waals surface area contributed by atoms with Crippen LogP contribution in [0.4, 0.5) is 5.69 Å². The number of aliphatic hydroxyl groups excluding tert-OH is 1. The minimum Gasteiger partial charge on any atom is -0.392 e. The lowest BCUT2D eigenvalue weighted by molar-refractivity contribution is 0.140. The molecule has 0 bridgehead atoms. The predicted octanol–water partition coefficient (Wildman–Crippen LogP) is 5.79. The number of ether oxygens (including phenoxy) is 1. The van der Waals surface area contributed by atoms with Crippen LogP contribution in [0.2, 0.25) is 0 Å². The summed E-state index contributed by atoms with van der Waals surface area (Å²) in [7, 11) is 2.08. The number of rotatable bonds is 6. The van der Waals surface area contributed by atoms with Crippen LogP contribution in [0.25, 0.3) is 11.0 Å². The van der Waals surface area contributed by atoms with Gasteiger partial charge in [-0.2, -0.15) is 0 Å². The summed E-state index contributed by atoms with van der Waals surface area (Å²) in [4.78, 5) is 6.25. The van der Waals surface area contributed by atoms with Crippen molar-refractivity contribution in [3.8, 4) is 0 Å². The largest absolute Gasteiger partial charge is 0.392 e. The van der Waals surface area contributed by atoms with Crippen molar-refractivity contribution in [2.45, 2.75) is 63.5 Å². The first kappa shape index (κ1) is 23.1. The number of hydrogen-bond acceptors (Lipinski definition) is 5. The van der Waals surface area contributed by atoms with E-state index in [4.69, 9.17) is 9.72 Å². The first-order chi connectivity index (χ1) is 15.3. The number of nitrogens with zero attached hydrogens (tertiary/aromatic N) is 3. The van der Waals surface area contributed by atoms with Crippen LogP contribution in [-0.2, 0) is 23.3 Å². The number of benzene rings is 2. The molecule has 0 radical (unpaired) electrons. The smallest absolute Gasteiger partial charge is 0.115 e. The third kappa shape index (κ3) is 5.30. The van der Waals surface area contributed by atoms with Gasteiger partial charge >= 0.3 is 0 Å². The van der Waals surface area contributed by atoms with Crippen molar-refractivity contribution < 1.29 is 9.84 Å². The van der Waals surface area contributed by atoms with Crippen LogP contribution in [0.15, 0.2) is 47.4 Å². The Labute approximate surface area is 195 Å². The molecular formula is C26H35N3O2S. The molecule has 2 heterocycles. The second-order valence-electron chi connectivity index (χ2n) is 9.77. The van der Waals surface area contributed by atoms with Gasteiger partial charge < -0.3 is 18.7 Å². The third-order valence-electron chi connectivity index (χ3n) is 6.13. The highest BCUT2D eigenvalue weighted by Crippen LogP contribution is 2.33. The van der Waals surface area contributed by atoms with Crippen molar-refractivity contribution in [1.29, 1.82) is 0 Å². The molecule has 0 spiro atoms. The van der Waals surface area contributed by atoms with E-state index in [1.54, 1.807) is 11.9 Å². The number of aromatic nitrogens is 2. The summed E-state index contributed by atoms with van der Waals surface area (Å²) in [5, 5.41) is 9.26. The Bertz CT molecular complexity index is 1030. The van der Waals surface area contributed by atoms with E-state index < -0.39 is 0 Å². The molecule has 1 aromatic heterocycles. The maximum Gasteiger partial charge on any atom is 0.115 e. The van der Waals surface area contributed by atoms with E-state index in [9.17, 15) is 5.11 Å². The summed E-state index contributed by atoms with van der Waals surface area (Å²) in [5.41, 5.74) is 4.31. The molecule has 1 fully saturated rings. The normalized spacial score (nSPS) is 17.5. The Morgan fingerprint density at radius 1 is 1.12 bits per heavy atom. The third-order valence-corrected chi connectivity index (χ3v) is 7.09. The second kappa shape index (κ2) is 9.86. The Hall–Kier alpha value is -2.02. The lowest BCUT2D eigenvalue weighted by Gasteiger charge is -2.23. The van der Waals surface area contributed by atoms with Gasteiger partial charge in [0.2, 0.25) is 0 Å². The summed E-state index contributed by atoms with van der Waals surface area (Å²) in [6.45, 7) is 9.59. The van der Waals surface area contributed by atoms with Gasteiger partial charge in [-0.25, -0.2) is 4.98 Å². The number of hydrogen-bond donors (Lipinski definition) is 1. The summed E-state index contributed by atoms with van der Waals surface area (Å²) in [6, 6.07) is 14.7. The molecule has 0 aliphatic carbocycles. The van der Waals surface area contributed by atoms with Crippen LogP contribution in [0.1, 0.15) is 51.4 Å². The topological polar surface area (TPSA) is 50.5 Å². The lowest BCUT2D eigenvalue weighted by Crippen LogP contribution is -2.22. The first-order valence-corrected chi connectivity index (χ1v) is 12.3. The molecule has 2 aromatic carbocycles. The van der Waals surface area contributed by atoms with Crippen LogP contribution in [0, 0.1) is 5.92 Å². The van der Waals surface area contributed by atoms with Gasteiger partial charge in [-0.1, -0.05) is 32.9 Å². The van der Waals surface area contributed by atoms with Crippen LogP contribution in [0.5, 0.6) is 0 Å². The quantitative estimate of drug-likeness (QED) is 0.479. The summed E-state index contributed by atoms with van der Waals surface area (Å²) >= 11 is 1.67. The molecule has 1 saturated heterocycles. The van der Waals surface area contributed by atoms with Gasteiger partial charge in [0.25, 0.3) is 0 Å². The first-order valence-electron chi connectivity index (χ1n) is 11.5. The SMILES string of the molecule is CN(Sc1ccc(CO)cc1)c1ccc2c(c1)nc(C(C)(C)C)n2CC1CCCOCC1. The molecule has 32 heavy (non-hydrogen) atoms. The molecule has 6 heteroatoms.